The SMILES string of the molecule is CCOc1c(C(O)O)cnn1-c1cccc(-c2cccc(C)c2OCc2ccc3c(c2C)CCN(C[C@@H]2CCCO2)CC3)n1. The molecule has 1 atom stereocenters. The van der Waals surface area contributed by atoms with Crippen molar-refractivity contribution >= 4 is 0 Å². The van der Waals surface area contributed by atoms with Gasteiger partial charge < -0.3 is 29.3 Å². The first-order chi connectivity index (χ1) is 21.4. The van der Waals surface area contributed by atoms with E-state index in [9.17, 15) is 10.2 Å². The summed E-state index contributed by atoms with van der Waals surface area (Å²) in [5, 5.41) is 23.9. The van der Waals surface area contributed by atoms with E-state index in [1.165, 1.54) is 46.0 Å². The molecule has 2 aliphatic heterocycles. The van der Waals surface area contributed by atoms with Crippen molar-refractivity contribution in [1.29, 1.82) is 0 Å². The Morgan fingerprint density at radius 1 is 1.02 bits per heavy atom. The van der Waals surface area contributed by atoms with Crippen LogP contribution in [0.15, 0.2) is 54.7 Å². The van der Waals surface area contributed by atoms with Gasteiger partial charge in [0.2, 0.25) is 5.88 Å². The van der Waals surface area contributed by atoms with Crippen LogP contribution in [0.3, 0.4) is 0 Å². The van der Waals surface area contributed by atoms with Crippen LogP contribution in [0, 0.1) is 13.8 Å². The van der Waals surface area contributed by atoms with Crippen molar-refractivity contribution in [3.05, 3.63) is 88.1 Å². The zero-order valence-electron chi connectivity index (χ0n) is 25.8. The number of para-hydroxylation sites is 1. The van der Waals surface area contributed by atoms with Crippen molar-refractivity contribution < 1.29 is 24.4 Å². The van der Waals surface area contributed by atoms with Crippen LogP contribution in [0.25, 0.3) is 17.1 Å². The van der Waals surface area contributed by atoms with Gasteiger partial charge in [-0.1, -0.05) is 30.3 Å². The Labute approximate surface area is 259 Å². The minimum absolute atomic E-state index is 0.185. The third-order valence-corrected chi connectivity index (χ3v) is 8.79. The fourth-order valence-electron chi connectivity index (χ4n) is 6.38. The number of aryl methyl sites for hydroxylation is 1. The highest BCUT2D eigenvalue weighted by atomic mass is 16.5. The van der Waals surface area contributed by atoms with Crippen molar-refractivity contribution in [2.24, 2.45) is 0 Å². The molecular formula is C35H42N4O5. The average Bonchev–Trinajstić information content (AvgIpc) is 3.64. The molecule has 4 heterocycles. The monoisotopic (exact) mass is 598 g/mol. The highest BCUT2D eigenvalue weighted by Crippen LogP contribution is 2.35. The van der Waals surface area contributed by atoms with Gasteiger partial charge in [0.15, 0.2) is 12.1 Å². The average molecular weight is 599 g/mol. The maximum absolute atomic E-state index is 9.79. The second-order valence-electron chi connectivity index (χ2n) is 11.7. The number of hydrogen-bond donors (Lipinski definition) is 2. The molecule has 2 aliphatic rings. The molecule has 2 N–H and O–H groups in total. The van der Waals surface area contributed by atoms with Gasteiger partial charge in [-0.25, -0.2) is 4.98 Å². The summed E-state index contributed by atoms with van der Waals surface area (Å²) in [6, 6.07) is 16.2. The van der Waals surface area contributed by atoms with Crippen LogP contribution in [0.1, 0.15) is 59.4 Å². The third kappa shape index (κ3) is 6.37. The number of ether oxygens (including phenoxy) is 3. The number of aromatic nitrogens is 3. The quantitative estimate of drug-likeness (QED) is 0.244. The molecule has 1 saturated heterocycles. The Kier molecular flexibility index (Phi) is 9.28. The molecule has 9 nitrogen and oxygen atoms in total. The zero-order valence-corrected chi connectivity index (χ0v) is 25.8. The molecule has 1 fully saturated rings. The van der Waals surface area contributed by atoms with Crippen LogP contribution in [-0.4, -0.2) is 68.8 Å². The highest BCUT2D eigenvalue weighted by Gasteiger charge is 2.23. The van der Waals surface area contributed by atoms with Crippen LogP contribution in [0.5, 0.6) is 11.6 Å². The van der Waals surface area contributed by atoms with E-state index in [1.807, 2.05) is 50.2 Å². The van der Waals surface area contributed by atoms with Crippen molar-refractivity contribution in [2.45, 2.75) is 65.5 Å². The van der Waals surface area contributed by atoms with Crippen molar-refractivity contribution in [3.8, 4) is 28.7 Å². The van der Waals surface area contributed by atoms with Crippen molar-refractivity contribution in [2.75, 3.05) is 32.8 Å². The molecule has 4 aromatic rings. The summed E-state index contributed by atoms with van der Waals surface area (Å²) in [6.45, 7) is 11.0. The van der Waals surface area contributed by atoms with E-state index in [0.717, 1.165) is 61.7 Å². The number of fused-ring (bicyclic) bond motifs is 1. The Hall–Kier alpha value is -3.76. The number of hydrogen-bond acceptors (Lipinski definition) is 8. The van der Waals surface area contributed by atoms with E-state index in [1.54, 1.807) is 0 Å². The molecule has 0 amide bonds. The van der Waals surface area contributed by atoms with E-state index < -0.39 is 6.29 Å². The van der Waals surface area contributed by atoms with Gasteiger partial charge in [0.05, 0.1) is 30.2 Å². The van der Waals surface area contributed by atoms with Gasteiger partial charge >= 0.3 is 0 Å². The molecule has 0 aliphatic carbocycles. The van der Waals surface area contributed by atoms with Gasteiger partial charge in [0, 0.05) is 31.8 Å². The van der Waals surface area contributed by atoms with Gasteiger partial charge in [0.25, 0.3) is 0 Å². The number of pyridine rings is 1. The molecule has 9 heteroatoms. The Bertz CT molecular complexity index is 1590. The van der Waals surface area contributed by atoms with Gasteiger partial charge in [-0.15, -0.1) is 0 Å². The van der Waals surface area contributed by atoms with Crippen molar-refractivity contribution in [3.63, 3.8) is 0 Å². The molecule has 232 valence electrons. The second-order valence-corrected chi connectivity index (χ2v) is 11.7. The number of nitrogens with zero attached hydrogens (tertiary/aromatic N) is 4. The van der Waals surface area contributed by atoms with Crippen LogP contribution < -0.4 is 9.47 Å². The topological polar surface area (TPSA) is 102 Å². The number of aliphatic hydroxyl groups is 2. The number of rotatable bonds is 10. The first-order valence-corrected chi connectivity index (χ1v) is 15.6. The van der Waals surface area contributed by atoms with E-state index in [4.69, 9.17) is 19.2 Å². The Morgan fingerprint density at radius 2 is 1.86 bits per heavy atom. The molecule has 6 rings (SSSR count). The summed E-state index contributed by atoms with van der Waals surface area (Å²) in [6.07, 6.45) is 4.53. The molecule has 0 bridgehead atoms. The maximum Gasteiger partial charge on any atom is 0.226 e. The maximum atomic E-state index is 9.79. The fraction of sp³-hybridized carbons (Fsp3) is 0.429. The lowest BCUT2D eigenvalue weighted by molar-refractivity contribution is -0.0442. The van der Waals surface area contributed by atoms with Gasteiger partial charge in [-0.2, -0.15) is 9.78 Å². The summed E-state index contributed by atoms with van der Waals surface area (Å²) in [5.74, 6) is 1.54. The molecule has 0 spiro atoms. The smallest absolute Gasteiger partial charge is 0.226 e. The lowest BCUT2D eigenvalue weighted by Gasteiger charge is -2.23. The van der Waals surface area contributed by atoms with Gasteiger partial charge in [-0.05, 0) is 92.5 Å². The molecule has 0 saturated carbocycles. The predicted octanol–water partition coefficient (Wildman–Crippen LogP) is 5.09. The molecule has 0 radical (unpaired) electrons. The largest absolute Gasteiger partial charge is 0.488 e. The minimum Gasteiger partial charge on any atom is -0.488 e. The van der Waals surface area contributed by atoms with E-state index in [-0.39, 0.29) is 11.4 Å². The Morgan fingerprint density at radius 3 is 2.66 bits per heavy atom. The van der Waals surface area contributed by atoms with E-state index in [0.29, 0.717) is 25.1 Å². The zero-order chi connectivity index (χ0) is 30.6. The third-order valence-electron chi connectivity index (χ3n) is 8.79. The van der Waals surface area contributed by atoms with E-state index in [2.05, 4.69) is 29.1 Å². The van der Waals surface area contributed by atoms with Gasteiger partial charge in [-0.3, -0.25) is 0 Å². The van der Waals surface area contributed by atoms with Crippen LogP contribution >= 0.6 is 0 Å². The fourth-order valence-corrected chi connectivity index (χ4v) is 6.38. The molecule has 44 heavy (non-hydrogen) atoms. The molecule has 2 aromatic carbocycles. The first-order valence-electron chi connectivity index (χ1n) is 15.6. The standard InChI is InChI=1S/C35H42N4O5/c1-4-42-34-30(35(40)41)20-36-39(34)32-12-6-11-31(37-32)29-10-5-8-23(2)33(29)44-22-26-14-13-25-15-17-38(18-16-28(25)24(26)3)21-27-9-7-19-43-27/h5-6,8,10-14,20,27,35,40-41H,4,7,9,15-19,21-22H2,1-3H3/t27-/m0/s1. The second kappa shape index (κ2) is 13.5. The lowest BCUT2D eigenvalue weighted by atomic mass is 9.94. The highest BCUT2D eigenvalue weighted by molar-refractivity contribution is 5.69. The summed E-state index contributed by atoms with van der Waals surface area (Å²) < 4.78 is 19.7. The van der Waals surface area contributed by atoms with Crippen molar-refractivity contribution in [1.82, 2.24) is 19.7 Å². The molecule has 2 aromatic heterocycles. The summed E-state index contributed by atoms with van der Waals surface area (Å²) >= 11 is 0. The normalized spacial score (nSPS) is 17.1. The molecular weight excluding hydrogens is 556 g/mol. The summed E-state index contributed by atoms with van der Waals surface area (Å²) in [7, 11) is 0. The van der Waals surface area contributed by atoms with Crippen LogP contribution in [0.2, 0.25) is 0 Å². The summed E-state index contributed by atoms with van der Waals surface area (Å²) in [4.78, 5) is 7.45. The minimum atomic E-state index is -1.70. The Balaban J connectivity index is 1.22. The van der Waals surface area contributed by atoms with Gasteiger partial charge in [0.1, 0.15) is 12.4 Å². The first kappa shape index (κ1) is 30.3. The lowest BCUT2D eigenvalue weighted by Crippen LogP contribution is -2.34. The number of aliphatic hydroxyl groups excluding tert-OH is 1. The summed E-state index contributed by atoms with van der Waals surface area (Å²) in [5.41, 5.74) is 8.21. The molecule has 0 unspecified atom stereocenters. The van der Waals surface area contributed by atoms with Crippen LogP contribution in [0.4, 0.5) is 0 Å². The van der Waals surface area contributed by atoms with Crippen LogP contribution in [-0.2, 0) is 24.2 Å². The predicted molar refractivity (Wildman–Crippen MR) is 168 cm³/mol. The van der Waals surface area contributed by atoms with E-state index >= 15 is 0 Å². The number of benzene rings is 2.